The van der Waals surface area contributed by atoms with E-state index in [0.717, 1.165) is 28.0 Å². The number of nitrogens with one attached hydrogen (secondary N) is 2. The Balaban J connectivity index is 1.29. The number of ether oxygens (including phenoxy) is 1. The Kier molecular flexibility index (Phi) is 6.88. The molecule has 1 saturated heterocycles. The summed E-state index contributed by atoms with van der Waals surface area (Å²) in [5.74, 6) is 1.10. The molecule has 37 heavy (non-hydrogen) atoms. The number of piperazine rings is 1. The van der Waals surface area contributed by atoms with Crippen LogP contribution in [-0.2, 0) is 0 Å². The molecule has 1 fully saturated rings. The topological polar surface area (TPSA) is 86.4 Å². The SMILES string of the molecule is COc1cc([C@H](C)NC(=O)N2CCN(c3ncnc4[nH]c(-c5ccc(F)cc5)cc34)C[C@H]2C)ccc1Cl. The number of H-pyrrole nitrogens is 1. The monoisotopic (exact) mass is 522 g/mol. The number of hydrogen-bond donors (Lipinski definition) is 2. The highest BCUT2D eigenvalue weighted by molar-refractivity contribution is 6.32. The summed E-state index contributed by atoms with van der Waals surface area (Å²) in [6.45, 7) is 5.76. The number of anilines is 1. The van der Waals surface area contributed by atoms with E-state index in [1.807, 2.05) is 36.9 Å². The van der Waals surface area contributed by atoms with Gasteiger partial charge in [0, 0.05) is 31.4 Å². The number of urea groups is 1. The van der Waals surface area contributed by atoms with Gasteiger partial charge in [0.25, 0.3) is 0 Å². The Morgan fingerprint density at radius 3 is 2.70 bits per heavy atom. The molecule has 0 aliphatic carbocycles. The van der Waals surface area contributed by atoms with Gasteiger partial charge in [-0.3, -0.25) is 0 Å². The Morgan fingerprint density at radius 1 is 1.19 bits per heavy atom. The van der Waals surface area contributed by atoms with Gasteiger partial charge in [0.05, 0.1) is 23.6 Å². The van der Waals surface area contributed by atoms with E-state index in [1.165, 1.54) is 18.5 Å². The average molecular weight is 523 g/mol. The van der Waals surface area contributed by atoms with Crippen LogP contribution in [0.1, 0.15) is 25.5 Å². The Hall–Kier alpha value is -3.85. The number of aromatic nitrogens is 3. The number of carbonyl (C=O) groups excluding carboxylic acids is 1. The van der Waals surface area contributed by atoms with E-state index in [0.29, 0.717) is 36.1 Å². The van der Waals surface area contributed by atoms with E-state index in [2.05, 4.69) is 25.2 Å². The number of benzene rings is 2. The van der Waals surface area contributed by atoms with Crippen LogP contribution in [0.15, 0.2) is 54.9 Å². The summed E-state index contributed by atoms with van der Waals surface area (Å²) in [4.78, 5) is 29.4. The Labute approximate surface area is 219 Å². The molecule has 1 aliphatic heterocycles. The molecule has 10 heteroatoms. The molecule has 0 saturated carbocycles. The van der Waals surface area contributed by atoms with Gasteiger partial charge >= 0.3 is 6.03 Å². The summed E-state index contributed by atoms with van der Waals surface area (Å²) >= 11 is 6.14. The quantitative estimate of drug-likeness (QED) is 0.366. The van der Waals surface area contributed by atoms with Crippen LogP contribution in [0.5, 0.6) is 5.75 Å². The van der Waals surface area contributed by atoms with E-state index >= 15 is 0 Å². The van der Waals surface area contributed by atoms with Gasteiger partial charge in [-0.2, -0.15) is 0 Å². The van der Waals surface area contributed by atoms with Crippen LogP contribution in [0.3, 0.4) is 0 Å². The van der Waals surface area contributed by atoms with Crippen LogP contribution in [0.2, 0.25) is 5.02 Å². The maximum atomic E-state index is 13.4. The molecular formula is C27H28ClFN6O2. The van der Waals surface area contributed by atoms with Crippen molar-refractivity contribution in [2.45, 2.75) is 25.9 Å². The van der Waals surface area contributed by atoms with Crippen molar-refractivity contribution >= 4 is 34.5 Å². The first-order valence-corrected chi connectivity index (χ1v) is 12.5. The number of rotatable bonds is 5. The van der Waals surface area contributed by atoms with Gasteiger partial charge in [-0.15, -0.1) is 0 Å². The van der Waals surface area contributed by atoms with Crippen LogP contribution in [0.25, 0.3) is 22.3 Å². The highest BCUT2D eigenvalue weighted by Gasteiger charge is 2.30. The number of halogens is 2. The average Bonchev–Trinajstić information content (AvgIpc) is 3.33. The maximum Gasteiger partial charge on any atom is 0.318 e. The van der Waals surface area contributed by atoms with Crippen LogP contribution < -0.4 is 15.0 Å². The summed E-state index contributed by atoms with van der Waals surface area (Å²) in [6.07, 6.45) is 1.54. The molecule has 3 heterocycles. The highest BCUT2D eigenvalue weighted by atomic mass is 35.5. The Morgan fingerprint density at radius 2 is 1.97 bits per heavy atom. The molecular weight excluding hydrogens is 495 g/mol. The predicted molar refractivity (Wildman–Crippen MR) is 143 cm³/mol. The van der Waals surface area contributed by atoms with Crippen molar-refractivity contribution in [2.24, 2.45) is 0 Å². The lowest BCUT2D eigenvalue weighted by Crippen LogP contribution is -2.57. The smallest absolute Gasteiger partial charge is 0.318 e. The van der Waals surface area contributed by atoms with Crippen molar-refractivity contribution in [1.29, 1.82) is 0 Å². The van der Waals surface area contributed by atoms with E-state index in [1.54, 1.807) is 25.3 Å². The number of fused-ring (bicyclic) bond motifs is 1. The van der Waals surface area contributed by atoms with E-state index < -0.39 is 0 Å². The summed E-state index contributed by atoms with van der Waals surface area (Å²) in [7, 11) is 1.57. The molecule has 1 aliphatic rings. The number of nitrogens with zero attached hydrogens (tertiary/aromatic N) is 4. The molecule has 5 rings (SSSR count). The lowest BCUT2D eigenvalue weighted by Gasteiger charge is -2.40. The molecule has 2 atom stereocenters. The zero-order chi connectivity index (χ0) is 26.1. The van der Waals surface area contributed by atoms with Crippen molar-refractivity contribution in [1.82, 2.24) is 25.2 Å². The molecule has 4 aromatic rings. The second kappa shape index (κ2) is 10.3. The zero-order valence-electron chi connectivity index (χ0n) is 20.8. The number of aromatic amines is 1. The maximum absolute atomic E-state index is 13.4. The molecule has 0 spiro atoms. The minimum absolute atomic E-state index is 0.0405. The Bertz CT molecular complexity index is 1430. The minimum atomic E-state index is -0.279. The van der Waals surface area contributed by atoms with Gasteiger partial charge in [0.1, 0.15) is 29.4 Å². The van der Waals surface area contributed by atoms with E-state index in [9.17, 15) is 9.18 Å². The second-order valence-electron chi connectivity index (χ2n) is 9.20. The van der Waals surface area contributed by atoms with Crippen LogP contribution in [0.4, 0.5) is 15.0 Å². The van der Waals surface area contributed by atoms with Crippen molar-refractivity contribution in [3.05, 3.63) is 71.3 Å². The standard InChI is InChI=1S/C27H28ClFN6O2/c1-16-14-34(10-11-35(16)27(36)32-17(2)19-6-9-22(28)24(12-19)37-3)26-21-13-23(33-25(21)30-15-31-26)18-4-7-20(29)8-5-18/h4-9,12-13,15-17H,10-11,14H2,1-3H3,(H,32,36)(H,30,31,33)/t16-,17+/m1/s1. The fourth-order valence-electron chi connectivity index (χ4n) is 4.71. The van der Waals surface area contributed by atoms with Gasteiger partial charge in [-0.05, 0) is 67.4 Å². The summed E-state index contributed by atoms with van der Waals surface area (Å²) in [6, 6.07) is 13.4. The first kappa shape index (κ1) is 24.8. The normalized spacial score (nSPS) is 16.6. The molecule has 2 N–H and O–H groups in total. The fourth-order valence-corrected chi connectivity index (χ4v) is 4.91. The highest BCUT2D eigenvalue weighted by Crippen LogP contribution is 2.31. The molecule has 192 valence electrons. The molecule has 0 unspecified atom stereocenters. The molecule has 2 aromatic heterocycles. The first-order chi connectivity index (χ1) is 17.8. The fraction of sp³-hybridized carbons (Fsp3) is 0.296. The number of carbonyl (C=O) groups is 1. The van der Waals surface area contributed by atoms with Crippen LogP contribution >= 0.6 is 11.6 Å². The number of methoxy groups -OCH3 is 1. The third-order valence-corrected chi connectivity index (χ3v) is 7.08. The lowest BCUT2D eigenvalue weighted by atomic mass is 10.1. The van der Waals surface area contributed by atoms with Gasteiger partial charge in [0.15, 0.2) is 0 Å². The molecule has 2 aromatic carbocycles. The molecule has 8 nitrogen and oxygen atoms in total. The van der Waals surface area contributed by atoms with Gasteiger partial charge in [-0.1, -0.05) is 17.7 Å². The summed E-state index contributed by atoms with van der Waals surface area (Å²) in [5, 5.41) is 4.50. The van der Waals surface area contributed by atoms with Gasteiger partial charge in [0.2, 0.25) is 0 Å². The van der Waals surface area contributed by atoms with Crippen molar-refractivity contribution in [3.8, 4) is 17.0 Å². The van der Waals surface area contributed by atoms with Gasteiger partial charge in [-0.25, -0.2) is 19.2 Å². The van der Waals surface area contributed by atoms with Crippen LogP contribution in [0, 0.1) is 5.82 Å². The first-order valence-electron chi connectivity index (χ1n) is 12.1. The lowest BCUT2D eigenvalue weighted by molar-refractivity contribution is 0.168. The third kappa shape index (κ3) is 5.04. The molecule has 2 amide bonds. The molecule has 0 bridgehead atoms. The van der Waals surface area contributed by atoms with Crippen molar-refractivity contribution in [3.63, 3.8) is 0 Å². The molecule has 0 radical (unpaired) electrons. The van der Waals surface area contributed by atoms with Crippen molar-refractivity contribution < 1.29 is 13.9 Å². The second-order valence-corrected chi connectivity index (χ2v) is 9.61. The third-order valence-electron chi connectivity index (χ3n) is 6.76. The number of hydrogen-bond acceptors (Lipinski definition) is 5. The largest absolute Gasteiger partial charge is 0.495 e. The minimum Gasteiger partial charge on any atom is -0.495 e. The number of amides is 2. The summed E-state index contributed by atoms with van der Waals surface area (Å²) in [5.41, 5.74) is 3.33. The van der Waals surface area contributed by atoms with E-state index in [4.69, 9.17) is 16.3 Å². The van der Waals surface area contributed by atoms with Gasteiger partial charge < -0.3 is 24.8 Å². The zero-order valence-corrected chi connectivity index (χ0v) is 21.6. The predicted octanol–water partition coefficient (Wildman–Crippen LogP) is 5.41. The van der Waals surface area contributed by atoms with Crippen LogP contribution in [-0.4, -0.2) is 58.7 Å². The summed E-state index contributed by atoms with van der Waals surface area (Å²) < 4.78 is 18.7. The van der Waals surface area contributed by atoms with E-state index in [-0.39, 0.29) is 23.9 Å². The van der Waals surface area contributed by atoms with Crippen molar-refractivity contribution in [2.75, 3.05) is 31.6 Å².